The third-order valence-electron chi connectivity index (χ3n) is 9.61. The summed E-state index contributed by atoms with van der Waals surface area (Å²) in [6, 6.07) is 8.45. The van der Waals surface area contributed by atoms with Crippen molar-refractivity contribution >= 4 is 39.8 Å². The maximum atomic E-state index is 13.6. The highest BCUT2D eigenvalue weighted by Gasteiger charge is 2.32. The van der Waals surface area contributed by atoms with Crippen molar-refractivity contribution in [1.29, 1.82) is 5.26 Å². The highest BCUT2D eigenvalue weighted by atomic mass is 79.9. The quantitative estimate of drug-likeness (QED) is 0.240. The first-order chi connectivity index (χ1) is 23.9. The number of ether oxygens (including phenoxy) is 3. The molecule has 2 atom stereocenters. The van der Waals surface area contributed by atoms with Crippen molar-refractivity contribution in [1.82, 2.24) is 20.1 Å². The van der Waals surface area contributed by atoms with Crippen LogP contribution in [0.5, 0.6) is 5.75 Å². The maximum Gasteiger partial charge on any atom is 0.410 e. The van der Waals surface area contributed by atoms with E-state index in [1.54, 1.807) is 40.4 Å². The SMILES string of the molecule is CCC(C)(C)OC(=O)N1CCC(CCC(=O)N2CCC[C@@H](C(=O)NC(CC(=O)OC)c3cncc(OCc4ccc(C#N)c(Br)c4)c3)C2)CC1. The third kappa shape index (κ3) is 11.2. The molecule has 3 heterocycles. The number of nitrogens with one attached hydrogen (secondary N) is 1. The van der Waals surface area contributed by atoms with E-state index in [4.69, 9.17) is 19.5 Å². The number of hydrogen-bond acceptors (Lipinski definition) is 9. The van der Waals surface area contributed by atoms with Gasteiger partial charge in [0, 0.05) is 43.3 Å². The summed E-state index contributed by atoms with van der Waals surface area (Å²) in [6.07, 6.45) is 7.63. The van der Waals surface area contributed by atoms with Gasteiger partial charge in [0.1, 0.15) is 24.0 Å². The van der Waals surface area contributed by atoms with Crippen LogP contribution in [0.1, 0.15) is 94.9 Å². The molecule has 270 valence electrons. The number of likely N-dealkylation sites (tertiary alicyclic amines) is 2. The Morgan fingerprint density at radius 3 is 2.54 bits per heavy atom. The Bertz CT molecular complexity index is 1550. The minimum absolute atomic E-state index is 0.0310. The number of nitrogens with zero attached hydrogens (tertiary/aromatic N) is 4. The first kappa shape index (κ1) is 38.6. The Hall–Kier alpha value is -4.18. The van der Waals surface area contributed by atoms with Crippen LogP contribution in [0.25, 0.3) is 0 Å². The molecule has 1 unspecified atom stereocenters. The zero-order valence-electron chi connectivity index (χ0n) is 29.4. The molecule has 0 bridgehead atoms. The number of carbonyl (C=O) groups excluding carboxylic acids is 4. The number of benzene rings is 1. The molecule has 4 rings (SSSR count). The highest BCUT2D eigenvalue weighted by Crippen LogP contribution is 2.27. The number of carbonyl (C=O) groups is 4. The molecule has 2 aromatic rings. The van der Waals surface area contributed by atoms with Crippen molar-refractivity contribution in [3.05, 3.63) is 57.8 Å². The molecule has 0 spiro atoms. The van der Waals surface area contributed by atoms with Gasteiger partial charge in [-0.15, -0.1) is 0 Å². The van der Waals surface area contributed by atoms with Crippen LogP contribution >= 0.6 is 15.9 Å². The summed E-state index contributed by atoms with van der Waals surface area (Å²) in [5, 5.41) is 12.2. The summed E-state index contributed by atoms with van der Waals surface area (Å²) in [5.74, 6) is -0.315. The Balaban J connectivity index is 1.29. The summed E-state index contributed by atoms with van der Waals surface area (Å²) < 4.78 is 17.2. The van der Waals surface area contributed by atoms with Crippen molar-refractivity contribution in [2.45, 2.75) is 90.4 Å². The number of halogens is 1. The van der Waals surface area contributed by atoms with Gasteiger partial charge in [-0.3, -0.25) is 19.4 Å². The van der Waals surface area contributed by atoms with Crippen LogP contribution < -0.4 is 10.1 Å². The van der Waals surface area contributed by atoms with E-state index in [1.807, 2.05) is 26.8 Å². The van der Waals surface area contributed by atoms with Crippen molar-refractivity contribution in [2.24, 2.45) is 11.8 Å². The van der Waals surface area contributed by atoms with Gasteiger partial charge in [-0.05, 0) is 104 Å². The van der Waals surface area contributed by atoms with Crippen LogP contribution in [0.2, 0.25) is 0 Å². The van der Waals surface area contributed by atoms with Gasteiger partial charge in [0.25, 0.3) is 0 Å². The molecule has 1 aromatic carbocycles. The fourth-order valence-corrected chi connectivity index (χ4v) is 6.60. The highest BCUT2D eigenvalue weighted by molar-refractivity contribution is 9.10. The molecular formula is C37H48BrN5O7. The second-order valence-corrected chi connectivity index (χ2v) is 14.5. The van der Waals surface area contributed by atoms with Crippen LogP contribution in [-0.4, -0.2) is 77.6 Å². The second kappa shape index (κ2) is 18.2. The molecule has 0 radical (unpaired) electrons. The smallest absolute Gasteiger partial charge is 0.410 e. The minimum Gasteiger partial charge on any atom is -0.487 e. The van der Waals surface area contributed by atoms with E-state index >= 15 is 0 Å². The first-order valence-electron chi connectivity index (χ1n) is 17.3. The molecule has 50 heavy (non-hydrogen) atoms. The van der Waals surface area contributed by atoms with E-state index in [-0.39, 0.29) is 30.9 Å². The number of rotatable bonds is 13. The molecule has 0 aliphatic carbocycles. The molecule has 2 saturated heterocycles. The lowest BCUT2D eigenvalue weighted by Crippen LogP contribution is -2.46. The van der Waals surface area contributed by atoms with E-state index < -0.39 is 23.5 Å². The zero-order chi connectivity index (χ0) is 36.3. The lowest BCUT2D eigenvalue weighted by molar-refractivity contribution is -0.141. The normalized spacial score (nSPS) is 17.3. The second-order valence-electron chi connectivity index (χ2n) is 13.6. The molecule has 1 aromatic heterocycles. The van der Waals surface area contributed by atoms with E-state index in [1.165, 1.54) is 7.11 Å². The Labute approximate surface area is 303 Å². The van der Waals surface area contributed by atoms with Gasteiger partial charge < -0.3 is 29.3 Å². The van der Waals surface area contributed by atoms with Gasteiger partial charge in [0.2, 0.25) is 11.8 Å². The molecule has 2 aliphatic rings. The molecule has 12 nitrogen and oxygen atoms in total. The predicted octanol–water partition coefficient (Wildman–Crippen LogP) is 6.07. The fourth-order valence-electron chi connectivity index (χ4n) is 6.08. The molecular weight excluding hydrogens is 706 g/mol. The number of piperidine rings is 2. The Morgan fingerprint density at radius 2 is 1.86 bits per heavy atom. The monoisotopic (exact) mass is 753 g/mol. The zero-order valence-corrected chi connectivity index (χ0v) is 31.0. The number of amides is 3. The summed E-state index contributed by atoms with van der Waals surface area (Å²) in [7, 11) is 1.30. The molecule has 2 aliphatic heterocycles. The van der Waals surface area contributed by atoms with Crippen LogP contribution in [0.15, 0.2) is 41.1 Å². The molecule has 2 fully saturated rings. The summed E-state index contributed by atoms with van der Waals surface area (Å²) >= 11 is 3.39. The van der Waals surface area contributed by atoms with Gasteiger partial charge in [-0.25, -0.2) is 4.79 Å². The predicted molar refractivity (Wildman–Crippen MR) is 189 cm³/mol. The van der Waals surface area contributed by atoms with E-state index in [9.17, 15) is 19.2 Å². The lowest BCUT2D eigenvalue weighted by Gasteiger charge is -2.35. The van der Waals surface area contributed by atoms with Crippen molar-refractivity contribution in [2.75, 3.05) is 33.3 Å². The average molecular weight is 755 g/mol. The number of hydrogen-bond donors (Lipinski definition) is 1. The molecule has 13 heteroatoms. The Morgan fingerprint density at radius 1 is 1.10 bits per heavy atom. The van der Waals surface area contributed by atoms with Crippen molar-refractivity contribution in [3.63, 3.8) is 0 Å². The van der Waals surface area contributed by atoms with E-state index in [0.717, 1.165) is 31.2 Å². The average Bonchev–Trinajstić information content (AvgIpc) is 3.12. The van der Waals surface area contributed by atoms with Crippen LogP contribution in [-0.2, 0) is 30.5 Å². The van der Waals surface area contributed by atoms with Gasteiger partial charge in [0.05, 0.1) is 37.3 Å². The first-order valence-corrected chi connectivity index (χ1v) is 18.1. The number of nitriles is 1. The lowest BCUT2D eigenvalue weighted by atomic mass is 9.91. The minimum atomic E-state index is -0.711. The number of methoxy groups -OCH3 is 1. The van der Waals surface area contributed by atoms with Gasteiger partial charge in [-0.1, -0.05) is 13.0 Å². The third-order valence-corrected chi connectivity index (χ3v) is 10.3. The maximum absolute atomic E-state index is 13.6. The van der Waals surface area contributed by atoms with Gasteiger partial charge in [0.15, 0.2) is 0 Å². The Kier molecular flexibility index (Phi) is 14.0. The van der Waals surface area contributed by atoms with Crippen molar-refractivity contribution in [3.8, 4) is 11.8 Å². The van der Waals surface area contributed by atoms with Crippen molar-refractivity contribution < 1.29 is 33.4 Å². The molecule has 1 N–H and O–H groups in total. The molecule has 0 saturated carbocycles. The topological polar surface area (TPSA) is 151 Å². The number of aromatic nitrogens is 1. The van der Waals surface area contributed by atoms with E-state index in [0.29, 0.717) is 72.7 Å². The fraction of sp³-hybridized carbons (Fsp3) is 0.568. The van der Waals surface area contributed by atoms with Gasteiger partial charge in [-0.2, -0.15) is 5.26 Å². The number of esters is 1. The standard InChI is InChI=1S/C37H48BrN5O7/c1-5-37(2,3)50-36(47)42-15-12-25(13-16-42)9-11-33(44)43-14-6-7-28(23-43)35(46)41-32(19-34(45)48-4)29-18-30(22-40-21-29)49-24-26-8-10-27(20-39)31(38)17-26/h8,10,17-18,21-22,25,28,32H,5-7,9,11-16,19,23-24H2,1-4H3,(H,41,46)/t28-,32?/m1/s1. The summed E-state index contributed by atoms with van der Waals surface area (Å²) in [5.41, 5.74) is 1.46. The van der Waals surface area contributed by atoms with Gasteiger partial charge >= 0.3 is 12.1 Å². The van der Waals surface area contributed by atoms with E-state index in [2.05, 4.69) is 32.3 Å². The van der Waals surface area contributed by atoms with Crippen LogP contribution in [0.4, 0.5) is 4.79 Å². The van der Waals surface area contributed by atoms with Crippen LogP contribution in [0, 0.1) is 23.2 Å². The number of pyridine rings is 1. The molecule has 3 amide bonds. The largest absolute Gasteiger partial charge is 0.487 e. The van der Waals surface area contributed by atoms with Crippen LogP contribution in [0.3, 0.4) is 0 Å². The summed E-state index contributed by atoms with van der Waals surface area (Å²) in [6.45, 7) is 8.19. The summed E-state index contributed by atoms with van der Waals surface area (Å²) in [4.78, 5) is 59.6.